The molecule has 190 valence electrons. The highest BCUT2D eigenvalue weighted by atomic mass is 16.3. The largest absolute Gasteiger partial charge is 0.393 e. The van der Waals surface area contributed by atoms with Crippen LogP contribution in [0, 0.1) is 50.7 Å². The monoisotopic (exact) mass is 460 g/mol. The third-order valence-electron chi connectivity index (χ3n) is 13.6. The Morgan fingerprint density at radius 2 is 1.45 bits per heavy atom. The van der Waals surface area contributed by atoms with Gasteiger partial charge in [-0.1, -0.05) is 34.6 Å². The van der Waals surface area contributed by atoms with E-state index < -0.39 is 11.7 Å². The van der Waals surface area contributed by atoms with Crippen LogP contribution in [0.2, 0.25) is 0 Å². The predicted molar refractivity (Wildman–Crippen MR) is 134 cm³/mol. The average Bonchev–Trinajstić information content (AvgIpc) is 3.31. The van der Waals surface area contributed by atoms with Crippen LogP contribution < -0.4 is 0 Å². The molecule has 0 bridgehead atoms. The molecule has 0 amide bonds. The lowest BCUT2D eigenvalue weighted by Gasteiger charge is -2.63. The summed E-state index contributed by atoms with van der Waals surface area (Å²) in [5, 5.41) is 31.5. The van der Waals surface area contributed by atoms with Crippen molar-refractivity contribution in [3.63, 3.8) is 0 Å². The molecular weight excluding hydrogens is 408 g/mol. The van der Waals surface area contributed by atoms with Crippen LogP contribution in [0.25, 0.3) is 0 Å². The Hall–Kier alpha value is -0.120. The molecule has 0 aromatic carbocycles. The predicted octanol–water partition coefficient (Wildman–Crippen LogP) is 6.33. The van der Waals surface area contributed by atoms with Gasteiger partial charge in [-0.15, -0.1) is 0 Å². The molecule has 5 rings (SSSR count). The summed E-state index contributed by atoms with van der Waals surface area (Å²) < 4.78 is 0. The van der Waals surface area contributed by atoms with E-state index in [9.17, 15) is 15.3 Å². The Balaban J connectivity index is 1.37. The van der Waals surface area contributed by atoms with Crippen LogP contribution in [0.15, 0.2) is 0 Å². The standard InChI is InChI=1S/C30H52O3/c1-19(8-11-24(32)26(4,5)33)20-12-14-28(7)22-10-9-21-25(2,3)23(31)13-15-29(21)18-30(22,29)17-16-27(20,28)6/h19-24,31-33H,8-18H2,1-7H3/t19?,20?,21?,22-,23?,24?,27+,28-,29+,30?/m0/s1. The minimum absolute atomic E-state index is 0.0718. The summed E-state index contributed by atoms with van der Waals surface area (Å²) in [6.07, 6.45) is 12.8. The molecule has 10 atom stereocenters. The molecule has 6 unspecified atom stereocenters. The van der Waals surface area contributed by atoms with Crippen molar-refractivity contribution in [3.05, 3.63) is 0 Å². The van der Waals surface area contributed by atoms with Gasteiger partial charge in [0.15, 0.2) is 0 Å². The topological polar surface area (TPSA) is 60.7 Å². The van der Waals surface area contributed by atoms with Gasteiger partial charge < -0.3 is 15.3 Å². The number of fused-ring (bicyclic) bond motifs is 2. The van der Waals surface area contributed by atoms with E-state index in [4.69, 9.17) is 0 Å². The highest BCUT2D eigenvalue weighted by Gasteiger charge is 2.82. The quantitative estimate of drug-likeness (QED) is 0.449. The molecule has 2 spiro atoms. The molecule has 5 aliphatic carbocycles. The normalized spacial score (nSPS) is 52.2. The molecule has 0 aromatic heterocycles. The lowest BCUT2D eigenvalue weighted by Crippen LogP contribution is -2.57. The van der Waals surface area contributed by atoms with Crippen molar-refractivity contribution in [2.75, 3.05) is 0 Å². The third kappa shape index (κ3) is 3.03. The van der Waals surface area contributed by atoms with Crippen LogP contribution in [-0.4, -0.2) is 33.1 Å². The average molecular weight is 461 g/mol. The molecule has 0 saturated heterocycles. The van der Waals surface area contributed by atoms with Gasteiger partial charge in [-0.2, -0.15) is 0 Å². The van der Waals surface area contributed by atoms with E-state index >= 15 is 0 Å². The summed E-state index contributed by atoms with van der Waals surface area (Å²) in [7, 11) is 0. The van der Waals surface area contributed by atoms with Crippen molar-refractivity contribution in [1.29, 1.82) is 0 Å². The van der Waals surface area contributed by atoms with Crippen molar-refractivity contribution in [2.24, 2.45) is 50.7 Å². The van der Waals surface area contributed by atoms with Crippen molar-refractivity contribution >= 4 is 0 Å². The number of rotatable bonds is 5. The van der Waals surface area contributed by atoms with Crippen LogP contribution in [0.1, 0.15) is 119 Å². The molecule has 3 N–H and O–H groups in total. The minimum Gasteiger partial charge on any atom is -0.393 e. The third-order valence-corrected chi connectivity index (χ3v) is 13.6. The van der Waals surface area contributed by atoms with Gasteiger partial charge in [-0.3, -0.25) is 0 Å². The molecule has 5 fully saturated rings. The SMILES string of the molecule is CC(CCC(O)C(C)(C)O)C1CC[C@@]2(C)[C@@H]3CCC4C(C)(C)C(O)CC[C@@]45CC35CC[C@]12C. The molecule has 0 heterocycles. The lowest BCUT2D eigenvalue weighted by atomic mass is 9.41. The first-order chi connectivity index (χ1) is 15.2. The smallest absolute Gasteiger partial charge is 0.0849 e. The highest BCUT2D eigenvalue weighted by Crippen LogP contribution is 2.89. The van der Waals surface area contributed by atoms with Crippen molar-refractivity contribution < 1.29 is 15.3 Å². The molecule has 0 aromatic rings. The highest BCUT2D eigenvalue weighted by molar-refractivity contribution is 5.30. The summed E-state index contributed by atoms with van der Waals surface area (Å²) in [6, 6.07) is 0. The van der Waals surface area contributed by atoms with Crippen molar-refractivity contribution in [2.45, 2.75) is 137 Å². The molecule has 5 saturated carbocycles. The maximum Gasteiger partial charge on any atom is 0.0849 e. The van der Waals surface area contributed by atoms with E-state index in [1.165, 1.54) is 51.4 Å². The maximum atomic E-state index is 10.8. The lowest BCUT2D eigenvalue weighted by molar-refractivity contribution is -0.161. The second-order valence-corrected chi connectivity index (χ2v) is 15.3. The molecule has 0 radical (unpaired) electrons. The Kier molecular flexibility index (Phi) is 5.38. The van der Waals surface area contributed by atoms with Gasteiger partial charge >= 0.3 is 0 Å². The molecule has 0 aliphatic heterocycles. The van der Waals surface area contributed by atoms with E-state index in [0.717, 1.165) is 24.7 Å². The van der Waals surface area contributed by atoms with Crippen LogP contribution in [0.4, 0.5) is 0 Å². The first-order valence-electron chi connectivity index (χ1n) is 14.2. The summed E-state index contributed by atoms with van der Waals surface area (Å²) in [5.41, 5.74) is 0.949. The van der Waals surface area contributed by atoms with Gasteiger partial charge in [0.2, 0.25) is 0 Å². The first kappa shape index (κ1) is 24.6. The Labute approximate surface area is 203 Å². The zero-order valence-electron chi connectivity index (χ0n) is 22.6. The van der Waals surface area contributed by atoms with Crippen LogP contribution in [-0.2, 0) is 0 Å². The fourth-order valence-corrected chi connectivity index (χ4v) is 11.3. The summed E-state index contributed by atoms with van der Waals surface area (Å²) in [6.45, 7) is 15.9. The molecular formula is C30H52O3. The second-order valence-electron chi connectivity index (χ2n) is 15.3. The van der Waals surface area contributed by atoms with Gasteiger partial charge in [0.05, 0.1) is 17.8 Å². The maximum absolute atomic E-state index is 10.8. The van der Waals surface area contributed by atoms with Crippen LogP contribution in [0.3, 0.4) is 0 Å². The summed E-state index contributed by atoms with van der Waals surface area (Å²) in [4.78, 5) is 0. The van der Waals surface area contributed by atoms with E-state index in [1.807, 2.05) is 0 Å². The van der Waals surface area contributed by atoms with Crippen LogP contribution >= 0.6 is 0 Å². The van der Waals surface area contributed by atoms with E-state index in [-0.39, 0.29) is 11.5 Å². The van der Waals surface area contributed by atoms with Gasteiger partial charge in [-0.05, 0) is 135 Å². The van der Waals surface area contributed by atoms with Gasteiger partial charge in [0.1, 0.15) is 0 Å². The van der Waals surface area contributed by atoms with Crippen LogP contribution in [0.5, 0.6) is 0 Å². The van der Waals surface area contributed by atoms with Crippen molar-refractivity contribution in [1.82, 2.24) is 0 Å². The zero-order chi connectivity index (χ0) is 24.2. The van der Waals surface area contributed by atoms with Crippen molar-refractivity contribution in [3.8, 4) is 0 Å². The fraction of sp³-hybridized carbons (Fsp3) is 1.00. The molecule has 5 aliphatic rings. The van der Waals surface area contributed by atoms with Gasteiger partial charge in [-0.25, -0.2) is 0 Å². The molecule has 3 nitrogen and oxygen atoms in total. The summed E-state index contributed by atoms with van der Waals surface area (Å²) >= 11 is 0. The zero-order valence-corrected chi connectivity index (χ0v) is 22.6. The number of aliphatic hydroxyl groups is 3. The van der Waals surface area contributed by atoms with E-state index in [0.29, 0.717) is 39.9 Å². The first-order valence-corrected chi connectivity index (χ1v) is 14.2. The second kappa shape index (κ2) is 7.22. The number of hydrogen-bond donors (Lipinski definition) is 3. The van der Waals surface area contributed by atoms with E-state index in [1.54, 1.807) is 13.8 Å². The Morgan fingerprint density at radius 3 is 2.12 bits per heavy atom. The van der Waals surface area contributed by atoms with Gasteiger partial charge in [0.25, 0.3) is 0 Å². The molecule has 33 heavy (non-hydrogen) atoms. The number of aliphatic hydroxyl groups excluding tert-OH is 2. The summed E-state index contributed by atoms with van der Waals surface area (Å²) in [5.74, 6) is 2.88. The fourth-order valence-electron chi connectivity index (χ4n) is 11.3. The van der Waals surface area contributed by atoms with E-state index in [2.05, 4.69) is 34.6 Å². The number of hydrogen-bond acceptors (Lipinski definition) is 3. The minimum atomic E-state index is -1.01. The molecule has 3 heteroatoms. The van der Waals surface area contributed by atoms with Gasteiger partial charge in [0, 0.05) is 0 Å². The Bertz CT molecular complexity index is 784. The Morgan fingerprint density at radius 1 is 0.818 bits per heavy atom.